The van der Waals surface area contributed by atoms with Crippen molar-refractivity contribution in [2.75, 3.05) is 6.54 Å². The average molecular weight is 283 g/mol. The molecule has 1 atom stereocenters. The minimum atomic E-state index is -3.56. The maximum absolute atomic E-state index is 12.3. The Balaban J connectivity index is 2.16. The molecule has 0 bridgehead atoms. The molecule has 2 rings (SSSR count). The molecule has 1 aromatic rings. The number of aliphatic hydroxyl groups is 1. The Bertz CT molecular complexity index is 574. The van der Waals surface area contributed by atoms with Crippen molar-refractivity contribution in [1.29, 1.82) is 0 Å². The fraction of sp³-hybridized carbons (Fsp3) is 0.571. The van der Waals surface area contributed by atoms with Gasteiger partial charge in [0.25, 0.3) is 0 Å². The van der Waals surface area contributed by atoms with Gasteiger partial charge in [-0.25, -0.2) is 13.1 Å². The molecular formula is C14H21NO3S. The van der Waals surface area contributed by atoms with Crippen molar-refractivity contribution in [3.05, 3.63) is 29.3 Å². The number of sulfonamides is 1. The van der Waals surface area contributed by atoms with Gasteiger partial charge in [0.15, 0.2) is 0 Å². The molecule has 0 saturated heterocycles. The van der Waals surface area contributed by atoms with E-state index < -0.39 is 15.6 Å². The number of benzene rings is 1. The molecule has 1 aromatic carbocycles. The van der Waals surface area contributed by atoms with E-state index in [0.29, 0.717) is 10.5 Å². The first-order chi connectivity index (χ1) is 8.72. The first-order valence-electron chi connectivity index (χ1n) is 6.52. The highest BCUT2D eigenvalue weighted by atomic mass is 32.2. The predicted molar refractivity (Wildman–Crippen MR) is 74.5 cm³/mol. The number of rotatable bonds is 5. The van der Waals surface area contributed by atoms with Gasteiger partial charge < -0.3 is 5.11 Å². The third kappa shape index (κ3) is 3.35. The molecule has 0 spiro atoms. The Morgan fingerprint density at radius 2 is 2.00 bits per heavy atom. The molecule has 2 N–H and O–H groups in total. The Morgan fingerprint density at radius 3 is 2.58 bits per heavy atom. The summed E-state index contributed by atoms with van der Waals surface area (Å²) in [6.45, 7) is 5.38. The van der Waals surface area contributed by atoms with Crippen LogP contribution in [-0.2, 0) is 10.0 Å². The van der Waals surface area contributed by atoms with Crippen molar-refractivity contribution in [3.63, 3.8) is 0 Å². The van der Waals surface area contributed by atoms with E-state index in [-0.39, 0.29) is 12.5 Å². The third-order valence-corrected chi connectivity index (χ3v) is 5.25. The predicted octanol–water partition coefficient (Wildman–Crippen LogP) is 1.74. The minimum absolute atomic E-state index is 0.0629. The van der Waals surface area contributed by atoms with Crippen molar-refractivity contribution in [3.8, 4) is 0 Å². The maximum atomic E-state index is 12.3. The molecule has 1 aliphatic carbocycles. The Kier molecular flexibility index (Phi) is 3.73. The zero-order valence-corrected chi connectivity index (χ0v) is 12.4. The minimum Gasteiger partial charge on any atom is -0.389 e. The van der Waals surface area contributed by atoms with Crippen LogP contribution in [0.25, 0.3) is 0 Å². The van der Waals surface area contributed by atoms with Crippen LogP contribution in [-0.4, -0.2) is 25.7 Å². The van der Waals surface area contributed by atoms with Crippen molar-refractivity contribution in [2.24, 2.45) is 5.92 Å². The van der Waals surface area contributed by atoms with Gasteiger partial charge in [-0.15, -0.1) is 0 Å². The summed E-state index contributed by atoms with van der Waals surface area (Å²) in [4.78, 5) is 0.291. The van der Waals surface area contributed by atoms with Gasteiger partial charge in [0, 0.05) is 6.54 Å². The first-order valence-corrected chi connectivity index (χ1v) is 8.00. The lowest BCUT2D eigenvalue weighted by Crippen LogP contribution is -2.42. The molecule has 1 aliphatic rings. The summed E-state index contributed by atoms with van der Waals surface area (Å²) in [7, 11) is -3.56. The lowest BCUT2D eigenvalue weighted by molar-refractivity contribution is 0.0422. The molecule has 0 radical (unpaired) electrons. The zero-order valence-electron chi connectivity index (χ0n) is 11.6. The summed E-state index contributed by atoms with van der Waals surface area (Å²) in [6.07, 6.45) is 1.94. The lowest BCUT2D eigenvalue weighted by atomic mass is 10.0. The number of aryl methyl sites for hydroxylation is 2. The second-order valence-electron chi connectivity index (χ2n) is 5.72. The quantitative estimate of drug-likeness (QED) is 0.865. The van der Waals surface area contributed by atoms with Gasteiger partial charge >= 0.3 is 0 Å². The monoisotopic (exact) mass is 283 g/mol. The van der Waals surface area contributed by atoms with Crippen LogP contribution in [0.15, 0.2) is 23.1 Å². The van der Waals surface area contributed by atoms with Crippen molar-refractivity contribution in [2.45, 2.75) is 44.1 Å². The zero-order chi connectivity index (χ0) is 14.3. The Labute approximate surface area is 114 Å². The summed E-state index contributed by atoms with van der Waals surface area (Å²) < 4.78 is 27.1. The summed E-state index contributed by atoms with van der Waals surface area (Å²) >= 11 is 0. The fourth-order valence-electron chi connectivity index (χ4n) is 2.17. The van der Waals surface area contributed by atoms with E-state index in [1.165, 1.54) is 0 Å². The normalized spacial score (nSPS) is 19.2. The van der Waals surface area contributed by atoms with Gasteiger partial charge in [-0.05, 0) is 56.7 Å². The molecular weight excluding hydrogens is 262 g/mol. The lowest BCUT2D eigenvalue weighted by Gasteiger charge is -2.23. The molecule has 0 heterocycles. The highest BCUT2D eigenvalue weighted by Gasteiger charge is 2.40. The molecule has 0 unspecified atom stereocenters. The third-order valence-electron chi connectivity index (χ3n) is 3.71. The summed E-state index contributed by atoms with van der Waals surface area (Å²) in [5.41, 5.74) is 0.661. The highest BCUT2D eigenvalue weighted by Crippen LogP contribution is 2.39. The molecule has 0 amide bonds. The van der Waals surface area contributed by atoms with Gasteiger partial charge in [-0.3, -0.25) is 0 Å². The van der Waals surface area contributed by atoms with Crippen molar-refractivity contribution in [1.82, 2.24) is 4.72 Å². The average Bonchev–Trinajstić information content (AvgIpc) is 3.14. The first kappa shape index (κ1) is 14.5. The summed E-state index contributed by atoms with van der Waals surface area (Å²) in [5, 5.41) is 10.2. The molecule has 19 heavy (non-hydrogen) atoms. The second-order valence-corrected chi connectivity index (χ2v) is 7.46. The van der Waals surface area contributed by atoms with Gasteiger partial charge in [0.2, 0.25) is 10.0 Å². The molecule has 106 valence electrons. The van der Waals surface area contributed by atoms with Gasteiger partial charge in [0.05, 0.1) is 10.5 Å². The summed E-state index contributed by atoms with van der Waals surface area (Å²) in [5.74, 6) is 0.216. The second kappa shape index (κ2) is 4.89. The van der Waals surface area contributed by atoms with E-state index >= 15 is 0 Å². The SMILES string of the molecule is Cc1ccc(C)c(S(=O)(=O)NC[C@@](C)(O)C2CC2)c1. The molecule has 0 aromatic heterocycles. The van der Waals surface area contributed by atoms with Crippen LogP contribution in [0.2, 0.25) is 0 Å². The number of hydrogen-bond acceptors (Lipinski definition) is 3. The van der Waals surface area contributed by atoms with E-state index in [0.717, 1.165) is 18.4 Å². The fourth-order valence-corrected chi connectivity index (χ4v) is 3.64. The number of hydrogen-bond donors (Lipinski definition) is 2. The van der Waals surface area contributed by atoms with Gasteiger partial charge in [-0.2, -0.15) is 0 Å². The largest absolute Gasteiger partial charge is 0.389 e. The smallest absolute Gasteiger partial charge is 0.240 e. The molecule has 0 aliphatic heterocycles. The van der Waals surface area contributed by atoms with Crippen LogP contribution in [0.1, 0.15) is 30.9 Å². The topological polar surface area (TPSA) is 66.4 Å². The molecule has 5 heteroatoms. The number of nitrogens with one attached hydrogen (secondary N) is 1. The van der Waals surface area contributed by atoms with E-state index in [4.69, 9.17) is 0 Å². The van der Waals surface area contributed by atoms with E-state index in [1.54, 1.807) is 26.0 Å². The maximum Gasteiger partial charge on any atom is 0.240 e. The Morgan fingerprint density at radius 1 is 1.37 bits per heavy atom. The molecule has 1 fully saturated rings. The van der Waals surface area contributed by atoms with Gasteiger partial charge in [0.1, 0.15) is 0 Å². The van der Waals surface area contributed by atoms with Crippen LogP contribution in [0.5, 0.6) is 0 Å². The highest BCUT2D eigenvalue weighted by molar-refractivity contribution is 7.89. The van der Waals surface area contributed by atoms with Crippen LogP contribution in [0.4, 0.5) is 0 Å². The van der Waals surface area contributed by atoms with Crippen LogP contribution < -0.4 is 4.72 Å². The van der Waals surface area contributed by atoms with E-state index in [1.807, 2.05) is 13.0 Å². The van der Waals surface area contributed by atoms with E-state index in [2.05, 4.69) is 4.72 Å². The van der Waals surface area contributed by atoms with Crippen LogP contribution in [0, 0.1) is 19.8 Å². The Hall–Kier alpha value is -0.910. The van der Waals surface area contributed by atoms with Gasteiger partial charge in [-0.1, -0.05) is 12.1 Å². The molecule has 4 nitrogen and oxygen atoms in total. The summed E-state index contributed by atoms with van der Waals surface area (Å²) in [6, 6.07) is 5.33. The van der Waals surface area contributed by atoms with E-state index in [9.17, 15) is 13.5 Å². The van der Waals surface area contributed by atoms with Crippen LogP contribution >= 0.6 is 0 Å². The van der Waals surface area contributed by atoms with Crippen molar-refractivity contribution < 1.29 is 13.5 Å². The van der Waals surface area contributed by atoms with Crippen molar-refractivity contribution >= 4 is 10.0 Å². The van der Waals surface area contributed by atoms with Crippen LogP contribution in [0.3, 0.4) is 0 Å². The standard InChI is InChI=1S/C14H21NO3S/c1-10-4-5-11(2)13(8-10)19(17,18)15-9-14(3,16)12-6-7-12/h4-5,8,12,15-16H,6-7,9H2,1-3H3/t14-/m1/s1. The molecule has 1 saturated carbocycles.